The molecular weight excluding hydrogens is 447 g/mol. The molecule has 0 saturated heterocycles. The Hall–Kier alpha value is -4.46. The van der Waals surface area contributed by atoms with Crippen LogP contribution in [0.2, 0.25) is 0 Å². The lowest BCUT2D eigenvalue weighted by Gasteiger charge is -2.18. The summed E-state index contributed by atoms with van der Waals surface area (Å²) in [7, 11) is 0. The fourth-order valence-corrected chi connectivity index (χ4v) is 3.88. The van der Waals surface area contributed by atoms with E-state index in [1.165, 1.54) is 25.1 Å². The van der Waals surface area contributed by atoms with Crippen molar-refractivity contribution < 1.29 is 18.8 Å². The molecule has 1 atom stereocenters. The van der Waals surface area contributed by atoms with Gasteiger partial charge in [-0.2, -0.15) is 0 Å². The Morgan fingerprint density at radius 2 is 1.77 bits per heavy atom. The van der Waals surface area contributed by atoms with Crippen LogP contribution in [0.25, 0.3) is 10.9 Å². The number of rotatable bonds is 8. The van der Waals surface area contributed by atoms with Gasteiger partial charge in [0.1, 0.15) is 11.9 Å². The maximum atomic E-state index is 13.4. The Morgan fingerprint density at radius 3 is 2.57 bits per heavy atom. The van der Waals surface area contributed by atoms with Gasteiger partial charge in [0.05, 0.1) is 0 Å². The molecule has 0 bridgehead atoms. The quantitative estimate of drug-likeness (QED) is 0.313. The predicted octanol–water partition coefficient (Wildman–Crippen LogP) is 3.92. The monoisotopic (exact) mass is 472 g/mol. The summed E-state index contributed by atoms with van der Waals surface area (Å²) in [4.78, 5) is 40.3. The van der Waals surface area contributed by atoms with Crippen molar-refractivity contribution in [3.8, 4) is 0 Å². The van der Waals surface area contributed by atoms with E-state index in [4.69, 9.17) is 0 Å². The van der Waals surface area contributed by atoms with E-state index in [-0.39, 0.29) is 23.9 Å². The van der Waals surface area contributed by atoms with Crippen molar-refractivity contribution in [2.75, 3.05) is 5.32 Å². The number of carbonyl (C=O) groups excluding carboxylic acids is 3. The van der Waals surface area contributed by atoms with Crippen LogP contribution in [-0.4, -0.2) is 28.7 Å². The molecule has 1 unspecified atom stereocenters. The van der Waals surface area contributed by atoms with Gasteiger partial charge in [-0.15, -0.1) is 0 Å². The smallest absolute Gasteiger partial charge is 0.255 e. The van der Waals surface area contributed by atoms with Crippen molar-refractivity contribution >= 4 is 34.3 Å². The third-order valence-corrected chi connectivity index (χ3v) is 5.53. The van der Waals surface area contributed by atoms with E-state index in [0.717, 1.165) is 28.1 Å². The molecule has 0 fully saturated rings. The second kappa shape index (κ2) is 10.6. The number of benzene rings is 3. The third-order valence-electron chi connectivity index (χ3n) is 5.53. The molecule has 4 aromatic rings. The fraction of sp³-hybridized carbons (Fsp3) is 0.148. The predicted molar refractivity (Wildman–Crippen MR) is 132 cm³/mol. The van der Waals surface area contributed by atoms with Crippen LogP contribution in [0.3, 0.4) is 0 Å². The molecule has 1 aromatic heterocycles. The molecule has 7 nitrogen and oxygen atoms in total. The first-order chi connectivity index (χ1) is 16.9. The maximum Gasteiger partial charge on any atom is 0.255 e. The minimum atomic E-state index is -0.748. The zero-order valence-corrected chi connectivity index (χ0v) is 19.1. The van der Waals surface area contributed by atoms with E-state index in [9.17, 15) is 18.8 Å². The number of hydrogen-bond donors (Lipinski definition) is 4. The molecule has 8 heteroatoms. The van der Waals surface area contributed by atoms with Crippen LogP contribution >= 0.6 is 0 Å². The van der Waals surface area contributed by atoms with E-state index < -0.39 is 17.8 Å². The Labute approximate surface area is 201 Å². The van der Waals surface area contributed by atoms with Crippen LogP contribution in [0.1, 0.15) is 28.4 Å². The molecule has 0 aliphatic rings. The van der Waals surface area contributed by atoms with Crippen molar-refractivity contribution in [1.82, 2.24) is 15.6 Å². The lowest BCUT2D eigenvalue weighted by Crippen LogP contribution is -2.47. The molecule has 3 aromatic carbocycles. The first-order valence-electron chi connectivity index (χ1n) is 11.1. The number of para-hydroxylation sites is 1. The van der Waals surface area contributed by atoms with Crippen LogP contribution in [-0.2, 0) is 22.6 Å². The number of amides is 3. The number of anilines is 1. The summed E-state index contributed by atoms with van der Waals surface area (Å²) in [5, 5.41) is 9.31. The summed E-state index contributed by atoms with van der Waals surface area (Å²) in [5.74, 6) is -1.54. The zero-order valence-electron chi connectivity index (χ0n) is 19.1. The summed E-state index contributed by atoms with van der Waals surface area (Å²) in [6.45, 7) is 1.58. The molecule has 4 rings (SSSR count). The zero-order chi connectivity index (χ0) is 24.8. The van der Waals surface area contributed by atoms with Crippen molar-refractivity contribution in [3.63, 3.8) is 0 Å². The summed E-state index contributed by atoms with van der Waals surface area (Å²) in [6.07, 6.45) is 2.18. The van der Waals surface area contributed by atoms with Crippen LogP contribution < -0.4 is 16.0 Å². The third kappa shape index (κ3) is 6.11. The first kappa shape index (κ1) is 23.7. The summed E-state index contributed by atoms with van der Waals surface area (Å²) in [6, 6.07) is 19.4. The number of nitrogens with one attached hydrogen (secondary N) is 4. The van der Waals surface area contributed by atoms with Gasteiger partial charge in [0.15, 0.2) is 0 Å². The van der Waals surface area contributed by atoms with E-state index in [2.05, 4.69) is 20.9 Å². The fourth-order valence-electron chi connectivity index (χ4n) is 3.88. The molecule has 0 spiro atoms. The SMILES string of the molecule is CC(=O)NC(Cc1c[nH]c2ccccc12)C(=O)NCc1cccc(NC(=O)c2cccc(F)c2)c1. The highest BCUT2D eigenvalue weighted by Gasteiger charge is 2.21. The standard InChI is InChI=1S/C27H25FN4O3/c1-17(33)31-25(14-20-16-29-24-11-3-2-10-23(20)24)27(35)30-15-18-6-4-9-22(12-18)32-26(34)19-7-5-8-21(28)13-19/h2-13,16,25,29H,14-15H2,1H3,(H,30,35)(H,31,33)(H,32,34). The van der Waals surface area contributed by atoms with Gasteiger partial charge in [0.25, 0.3) is 5.91 Å². The van der Waals surface area contributed by atoms with Crippen molar-refractivity contribution in [2.24, 2.45) is 0 Å². The Kier molecular flexibility index (Phi) is 7.21. The molecule has 0 saturated carbocycles. The highest BCUT2D eigenvalue weighted by Crippen LogP contribution is 2.19. The summed E-state index contributed by atoms with van der Waals surface area (Å²) >= 11 is 0. The van der Waals surface area contributed by atoms with Gasteiger partial charge in [-0.1, -0.05) is 36.4 Å². The molecule has 0 aliphatic carbocycles. The van der Waals surface area contributed by atoms with Crippen LogP contribution in [0.5, 0.6) is 0 Å². The lowest BCUT2D eigenvalue weighted by molar-refractivity contribution is -0.128. The van der Waals surface area contributed by atoms with Crippen LogP contribution in [0, 0.1) is 5.82 Å². The van der Waals surface area contributed by atoms with Crippen LogP contribution in [0.15, 0.2) is 79.0 Å². The first-order valence-corrected chi connectivity index (χ1v) is 11.1. The highest BCUT2D eigenvalue weighted by atomic mass is 19.1. The number of fused-ring (bicyclic) bond motifs is 1. The van der Waals surface area contributed by atoms with E-state index >= 15 is 0 Å². The number of hydrogen-bond acceptors (Lipinski definition) is 3. The van der Waals surface area contributed by atoms with Crippen LogP contribution in [0.4, 0.5) is 10.1 Å². The van der Waals surface area contributed by atoms with Gasteiger partial charge in [-0.3, -0.25) is 14.4 Å². The van der Waals surface area contributed by atoms with Gasteiger partial charge in [0, 0.05) is 48.2 Å². The largest absolute Gasteiger partial charge is 0.361 e. The van der Waals surface area contributed by atoms with Gasteiger partial charge in [-0.05, 0) is 47.5 Å². The van der Waals surface area contributed by atoms with E-state index in [0.29, 0.717) is 12.1 Å². The van der Waals surface area contributed by atoms with Crippen molar-refractivity contribution in [3.05, 3.63) is 102 Å². The summed E-state index contributed by atoms with van der Waals surface area (Å²) < 4.78 is 13.4. The minimum Gasteiger partial charge on any atom is -0.361 e. The van der Waals surface area contributed by atoms with E-state index in [1.54, 1.807) is 18.2 Å². The molecule has 35 heavy (non-hydrogen) atoms. The van der Waals surface area contributed by atoms with Gasteiger partial charge in [0.2, 0.25) is 11.8 Å². The van der Waals surface area contributed by atoms with Gasteiger partial charge in [-0.25, -0.2) is 4.39 Å². The molecule has 1 heterocycles. The van der Waals surface area contributed by atoms with Gasteiger partial charge < -0.3 is 20.9 Å². The molecule has 0 aliphatic heterocycles. The summed E-state index contributed by atoms with van der Waals surface area (Å²) in [5.41, 5.74) is 3.37. The van der Waals surface area contributed by atoms with Crippen molar-refractivity contribution in [2.45, 2.75) is 25.9 Å². The lowest BCUT2D eigenvalue weighted by atomic mass is 10.0. The minimum absolute atomic E-state index is 0.201. The Balaban J connectivity index is 1.41. The van der Waals surface area contributed by atoms with Crippen molar-refractivity contribution in [1.29, 1.82) is 0 Å². The number of carbonyl (C=O) groups is 3. The average Bonchev–Trinajstić information content (AvgIpc) is 3.25. The topological polar surface area (TPSA) is 103 Å². The second-order valence-corrected chi connectivity index (χ2v) is 8.20. The molecule has 3 amide bonds. The Bertz CT molecular complexity index is 1380. The molecule has 0 radical (unpaired) electrons. The molecule has 178 valence electrons. The second-order valence-electron chi connectivity index (χ2n) is 8.20. The number of halogens is 1. The number of H-pyrrole nitrogens is 1. The maximum absolute atomic E-state index is 13.4. The number of aromatic amines is 1. The average molecular weight is 473 g/mol. The number of aromatic nitrogens is 1. The molecular formula is C27H25FN4O3. The Morgan fingerprint density at radius 1 is 0.971 bits per heavy atom. The highest BCUT2D eigenvalue weighted by molar-refractivity contribution is 6.04. The van der Waals surface area contributed by atoms with Gasteiger partial charge >= 0.3 is 0 Å². The molecule has 4 N–H and O–H groups in total. The normalized spacial score (nSPS) is 11.6. The van der Waals surface area contributed by atoms with E-state index in [1.807, 2.05) is 36.5 Å².